The van der Waals surface area contributed by atoms with E-state index in [2.05, 4.69) is 15.6 Å². The monoisotopic (exact) mass is 363 g/mol. The molecular formula is C17H21N3O4S. The summed E-state index contributed by atoms with van der Waals surface area (Å²) in [5.41, 5.74) is 0.256. The number of aliphatic hydroxyl groups is 1. The van der Waals surface area contributed by atoms with Gasteiger partial charge in [0.2, 0.25) is 5.72 Å². The summed E-state index contributed by atoms with van der Waals surface area (Å²) >= 11 is 1.08. The number of nitrogens with one attached hydrogen (secondary N) is 3. The van der Waals surface area contributed by atoms with E-state index in [-0.39, 0.29) is 6.42 Å². The Labute approximate surface area is 149 Å². The number of methoxy groups -OCH3 is 1. The van der Waals surface area contributed by atoms with E-state index in [1.165, 1.54) is 14.0 Å². The number of carbonyl (C=O) groups excluding carboxylic acids is 2. The number of H-pyrrole nitrogens is 1. The molecule has 1 aromatic carbocycles. The SMILES string of the molecule is CO[C@]1(Cc2c[nH]c3ccccc23)NC(=O)[C@@](SC)([C@@H](C)O)NC1=O. The van der Waals surface area contributed by atoms with E-state index in [1.54, 1.807) is 12.5 Å². The molecule has 0 unspecified atom stereocenters. The van der Waals surface area contributed by atoms with Crippen LogP contribution >= 0.6 is 11.8 Å². The molecule has 7 nitrogen and oxygen atoms in total. The average molecular weight is 363 g/mol. The molecule has 2 heterocycles. The maximum atomic E-state index is 12.8. The van der Waals surface area contributed by atoms with Gasteiger partial charge in [0, 0.05) is 30.6 Å². The van der Waals surface area contributed by atoms with Crippen LogP contribution in [0.3, 0.4) is 0 Å². The van der Waals surface area contributed by atoms with Crippen LogP contribution in [0.4, 0.5) is 0 Å². The second-order valence-electron chi connectivity index (χ2n) is 6.09. The molecule has 2 aromatic rings. The molecule has 25 heavy (non-hydrogen) atoms. The van der Waals surface area contributed by atoms with Gasteiger partial charge in [0.15, 0.2) is 4.87 Å². The number of rotatable bonds is 5. The summed E-state index contributed by atoms with van der Waals surface area (Å²) < 4.78 is 5.45. The minimum absolute atomic E-state index is 0.162. The smallest absolute Gasteiger partial charge is 0.275 e. The van der Waals surface area contributed by atoms with Crippen LogP contribution in [-0.2, 0) is 20.7 Å². The summed E-state index contributed by atoms with van der Waals surface area (Å²) in [4.78, 5) is 27.3. The van der Waals surface area contributed by atoms with Gasteiger partial charge in [-0.3, -0.25) is 9.59 Å². The normalized spacial score (nSPS) is 27.8. The molecule has 1 aromatic heterocycles. The van der Waals surface area contributed by atoms with Crippen molar-refractivity contribution in [1.29, 1.82) is 0 Å². The van der Waals surface area contributed by atoms with Gasteiger partial charge in [-0.15, -0.1) is 11.8 Å². The number of hydrogen-bond acceptors (Lipinski definition) is 5. The minimum Gasteiger partial charge on any atom is -0.389 e. The highest BCUT2D eigenvalue weighted by Gasteiger charge is 2.56. The Balaban J connectivity index is 1.96. The van der Waals surface area contributed by atoms with Gasteiger partial charge >= 0.3 is 0 Å². The lowest BCUT2D eigenvalue weighted by molar-refractivity contribution is -0.165. The summed E-state index contributed by atoms with van der Waals surface area (Å²) in [6.07, 6.45) is 2.56. The number of hydrogen-bond donors (Lipinski definition) is 4. The fourth-order valence-electron chi connectivity index (χ4n) is 3.15. The van der Waals surface area contributed by atoms with Crippen molar-refractivity contribution in [2.75, 3.05) is 13.4 Å². The van der Waals surface area contributed by atoms with E-state index < -0.39 is 28.5 Å². The van der Waals surface area contributed by atoms with Gasteiger partial charge in [0.25, 0.3) is 11.8 Å². The van der Waals surface area contributed by atoms with Gasteiger partial charge in [-0.25, -0.2) is 0 Å². The van der Waals surface area contributed by atoms with Gasteiger partial charge in [-0.2, -0.15) is 0 Å². The molecule has 3 atom stereocenters. The summed E-state index contributed by atoms with van der Waals surface area (Å²) in [6, 6.07) is 7.70. The number of carbonyl (C=O) groups is 2. The lowest BCUT2D eigenvalue weighted by Crippen LogP contribution is -2.77. The number of thioether (sulfide) groups is 1. The second kappa shape index (κ2) is 6.36. The number of aromatic amines is 1. The van der Waals surface area contributed by atoms with E-state index in [4.69, 9.17) is 4.74 Å². The van der Waals surface area contributed by atoms with Gasteiger partial charge < -0.3 is 25.5 Å². The highest BCUT2D eigenvalue weighted by molar-refractivity contribution is 8.00. The molecule has 1 saturated heterocycles. The zero-order chi connectivity index (χ0) is 18.2. The third-order valence-electron chi connectivity index (χ3n) is 4.69. The van der Waals surface area contributed by atoms with Crippen LogP contribution in [0, 0.1) is 0 Å². The predicted octanol–water partition coefficient (Wildman–Crippen LogP) is 0.739. The summed E-state index contributed by atoms with van der Waals surface area (Å²) in [5.74, 6) is -0.980. The number of amides is 2. The van der Waals surface area contributed by atoms with Crippen molar-refractivity contribution in [3.8, 4) is 0 Å². The average Bonchev–Trinajstić information content (AvgIpc) is 3.00. The molecular weight excluding hydrogens is 342 g/mol. The third kappa shape index (κ3) is 2.70. The molecule has 0 spiro atoms. The quantitative estimate of drug-likeness (QED) is 0.627. The van der Waals surface area contributed by atoms with E-state index in [1.807, 2.05) is 24.3 Å². The molecule has 1 aliphatic heterocycles. The lowest BCUT2D eigenvalue weighted by atomic mass is 9.96. The van der Waals surface area contributed by atoms with Gasteiger partial charge in [-0.1, -0.05) is 18.2 Å². The topological polar surface area (TPSA) is 103 Å². The summed E-state index contributed by atoms with van der Waals surface area (Å²) in [5, 5.41) is 16.3. The zero-order valence-electron chi connectivity index (χ0n) is 14.3. The van der Waals surface area contributed by atoms with Crippen molar-refractivity contribution in [1.82, 2.24) is 15.6 Å². The maximum Gasteiger partial charge on any atom is 0.275 e. The summed E-state index contributed by atoms with van der Waals surface area (Å²) in [7, 11) is 1.38. The Morgan fingerprint density at radius 3 is 2.60 bits per heavy atom. The molecule has 0 radical (unpaired) electrons. The van der Waals surface area contributed by atoms with Crippen molar-refractivity contribution in [2.45, 2.75) is 30.0 Å². The molecule has 1 aliphatic rings. The fourth-order valence-corrected chi connectivity index (χ4v) is 3.93. The van der Waals surface area contributed by atoms with Crippen LogP contribution < -0.4 is 10.6 Å². The molecule has 0 bridgehead atoms. The molecule has 4 N–H and O–H groups in total. The Kier molecular flexibility index (Phi) is 4.52. The molecule has 2 amide bonds. The number of para-hydroxylation sites is 1. The fraction of sp³-hybridized carbons (Fsp3) is 0.412. The first-order valence-electron chi connectivity index (χ1n) is 7.87. The molecule has 1 fully saturated rings. The number of ether oxygens (including phenoxy) is 1. The van der Waals surface area contributed by atoms with E-state index >= 15 is 0 Å². The Morgan fingerprint density at radius 2 is 1.96 bits per heavy atom. The molecule has 3 rings (SSSR count). The maximum absolute atomic E-state index is 12.8. The van der Waals surface area contributed by atoms with Crippen molar-refractivity contribution in [3.63, 3.8) is 0 Å². The van der Waals surface area contributed by atoms with Crippen LogP contribution in [0.2, 0.25) is 0 Å². The van der Waals surface area contributed by atoms with Crippen molar-refractivity contribution in [3.05, 3.63) is 36.0 Å². The number of aliphatic hydroxyl groups excluding tert-OH is 1. The number of benzene rings is 1. The van der Waals surface area contributed by atoms with E-state index in [9.17, 15) is 14.7 Å². The third-order valence-corrected chi connectivity index (χ3v) is 5.96. The van der Waals surface area contributed by atoms with Crippen LogP contribution in [0.25, 0.3) is 10.9 Å². The first-order chi connectivity index (χ1) is 11.9. The molecule has 0 aliphatic carbocycles. The van der Waals surface area contributed by atoms with Crippen molar-refractivity contribution < 1.29 is 19.4 Å². The van der Waals surface area contributed by atoms with Gasteiger partial charge in [0.1, 0.15) is 0 Å². The molecule has 8 heteroatoms. The minimum atomic E-state index is -1.53. The van der Waals surface area contributed by atoms with E-state index in [0.717, 1.165) is 28.2 Å². The standard InChI is InChI=1S/C17H21N3O4S/c1-10(21)17(25-3)15(23)19-16(24-2,14(22)20-17)8-11-9-18-13-7-5-4-6-12(11)13/h4-7,9-10,18,21H,8H2,1-3H3,(H,19,23)(H,20,22)/t10-,16+,17+/m1/s1. The Hall–Kier alpha value is -2.03. The number of aromatic nitrogens is 1. The van der Waals surface area contributed by atoms with Crippen LogP contribution in [0.1, 0.15) is 12.5 Å². The number of fused-ring (bicyclic) bond motifs is 1. The van der Waals surface area contributed by atoms with Crippen LogP contribution in [-0.4, -0.2) is 52.0 Å². The summed E-state index contributed by atoms with van der Waals surface area (Å²) in [6.45, 7) is 1.47. The lowest BCUT2D eigenvalue weighted by Gasteiger charge is -2.45. The van der Waals surface area contributed by atoms with E-state index in [0.29, 0.717) is 0 Å². The molecule has 134 valence electrons. The van der Waals surface area contributed by atoms with Crippen LogP contribution in [0.5, 0.6) is 0 Å². The highest BCUT2D eigenvalue weighted by atomic mass is 32.2. The highest BCUT2D eigenvalue weighted by Crippen LogP contribution is 2.32. The predicted molar refractivity (Wildman–Crippen MR) is 96.0 cm³/mol. The first kappa shape index (κ1) is 17.8. The van der Waals surface area contributed by atoms with Crippen molar-refractivity contribution in [2.24, 2.45) is 0 Å². The largest absolute Gasteiger partial charge is 0.389 e. The molecule has 0 saturated carbocycles. The van der Waals surface area contributed by atoms with Gasteiger partial charge in [-0.05, 0) is 24.8 Å². The van der Waals surface area contributed by atoms with Crippen molar-refractivity contribution >= 4 is 34.5 Å². The Bertz CT molecular complexity index is 821. The second-order valence-corrected chi connectivity index (χ2v) is 7.14. The first-order valence-corrected chi connectivity index (χ1v) is 9.09. The van der Waals surface area contributed by atoms with Crippen LogP contribution in [0.15, 0.2) is 30.5 Å². The Morgan fingerprint density at radius 1 is 1.24 bits per heavy atom. The zero-order valence-corrected chi connectivity index (χ0v) is 15.1. The number of piperazine rings is 1. The van der Waals surface area contributed by atoms with Gasteiger partial charge in [0.05, 0.1) is 6.10 Å².